The fraction of sp³-hybridized carbons (Fsp3) is 0.562. The third-order valence-electron chi connectivity index (χ3n) is 3.84. The molecular weight excluding hydrogens is 252 g/mol. The van der Waals surface area contributed by atoms with Crippen LogP contribution in [0, 0.1) is 5.41 Å². The van der Waals surface area contributed by atoms with Gasteiger partial charge in [-0.1, -0.05) is 19.9 Å². The Balaban J connectivity index is 1.92. The van der Waals surface area contributed by atoms with Gasteiger partial charge in [0.2, 0.25) is 0 Å². The van der Waals surface area contributed by atoms with Crippen LogP contribution in [-0.2, 0) is 13.1 Å². The summed E-state index contributed by atoms with van der Waals surface area (Å²) in [6.45, 7) is 6.78. The molecule has 0 atom stereocenters. The molecule has 4 nitrogen and oxygen atoms in total. The molecule has 1 aromatic carbocycles. The normalized spacial score (nSPS) is 14.2. The largest absolute Gasteiger partial charge is 0.396 e. The maximum atomic E-state index is 12.2. The lowest BCUT2D eigenvalue weighted by molar-refractivity contribution is 0.0933. The van der Waals surface area contributed by atoms with Crippen LogP contribution in [-0.4, -0.2) is 24.2 Å². The van der Waals surface area contributed by atoms with Crippen LogP contribution >= 0.6 is 0 Å². The molecule has 2 rings (SSSR count). The van der Waals surface area contributed by atoms with Crippen molar-refractivity contribution in [2.45, 2.75) is 39.8 Å². The molecule has 0 aromatic heterocycles. The lowest BCUT2D eigenvalue weighted by Crippen LogP contribution is -2.34. The van der Waals surface area contributed by atoms with E-state index < -0.39 is 0 Å². The summed E-state index contributed by atoms with van der Waals surface area (Å²) in [6.07, 6.45) is 1.67. The summed E-state index contributed by atoms with van der Waals surface area (Å²) in [6, 6.07) is 5.90. The Hall–Kier alpha value is -1.39. The molecule has 3 N–H and O–H groups in total. The molecule has 0 unspecified atom stereocenters. The van der Waals surface area contributed by atoms with Crippen molar-refractivity contribution in [2.75, 3.05) is 13.2 Å². The average Bonchev–Trinajstić information content (AvgIpc) is 2.90. The van der Waals surface area contributed by atoms with Crippen molar-refractivity contribution < 1.29 is 9.90 Å². The number of benzene rings is 1. The van der Waals surface area contributed by atoms with Gasteiger partial charge < -0.3 is 15.7 Å². The number of carbonyl (C=O) groups excluding carboxylic acids is 1. The topological polar surface area (TPSA) is 61.4 Å². The predicted molar refractivity (Wildman–Crippen MR) is 79.4 cm³/mol. The Morgan fingerprint density at radius 3 is 2.85 bits per heavy atom. The molecular formula is C16H24N2O2. The smallest absolute Gasteiger partial charge is 0.251 e. The third-order valence-corrected chi connectivity index (χ3v) is 3.84. The van der Waals surface area contributed by atoms with Gasteiger partial charge in [0.1, 0.15) is 0 Å². The van der Waals surface area contributed by atoms with E-state index in [-0.39, 0.29) is 17.9 Å². The van der Waals surface area contributed by atoms with Crippen LogP contribution in [0.3, 0.4) is 0 Å². The molecule has 20 heavy (non-hydrogen) atoms. The van der Waals surface area contributed by atoms with Gasteiger partial charge in [0.25, 0.3) is 5.91 Å². The van der Waals surface area contributed by atoms with E-state index in [4.69, 9.17) is 5.11 Å². The minimum Gasteiger partial charge on any atom is -0.396 e. The number of nitrogens with one attached hydrogen (secondary N) is 2. The summed E-state index contributed by atoms with van der Waals surface area (Å²) in [5, 5.41) is 15.2. The van der Waals surface area contributed by atoms with Crippen LogP contribution < -0.4 is 10.6 Å². The molecule has 0 radical (unpaired) electrons. The first-order valence-electron chi connectivity index (χ1n) is 7.23. The SMILES string of the molecule is CC(C)(CCCO)CNC(=O)c1ccc2c(c1)CNC2. The highest BCUT2D eigenvalue weighted by Gasteiger charge is 2.19. The molecule has 0 saturated heterocycles. The lowest BCUT2D eigenvalue weighted by atomic mass is 9.88. The molecule has 1 aliphatic heterocycles. The molecule has 0 saturated carbocycles. The number of amides is 1. The summed E-state index contributed by atoms with van der Waals surface area (Å²) < 4.78 is 0. The molecule has 0 fully saturated rings. The lowest BCUT2D eigenvalue weighted by Gasteiger charge is -2.24. The van der Waals surface area contributed by atoms with Crippen molar-refractivity contribution in [1.82, 2.24) is 10.6 Å². The maximum Gasteiger partial charge on any atom is 0.251 e. The van der Waals surface area contributed by atoms with Crippen molar-refractivity contribution in [3.05, 3.63) is 34.9 Å². The van der Waals surface area contributed by atoms with Crippen LogP contribution in [0.25, 0.3) is 0 Å². The third kappa shape index (κ3) is 3.81. The molecule has 1 aromatic rings. The minimum absolute atomic E-state index is 0.0106. The molecule has 1 amide bonds. The van der Waals surface area contributed by atoms with Gasteiger partial charge in [-0.2, -0.15) is 0 Å². The predicted octanol–water partition coefficient (Wildman–Crippen LogP) is 1.82. The van der Waals surface area contributed by atoms with Crippen LogP contribution in [0.4, 0.5) is 0 Å². The fourth-order valence-corrected chi connectivity index (χ4v) is 2.50. The number of fused-ring (bicyclic) bond motifs is 1. The van der Waals surface area contributed by atoms with Crippen molar-refractivity contribution in [3.8, 4) is 0 Å². The minimum atomic E-state index is -0.0169. The van der Waals surface area contributed by atoms with E-state index in [2.05, 4.69) is 24.5 Å². The first kappa shape index (κ1) is 15.0. The molecule has 1 aliphatic rings. The van der Waals surface area contributed by atoms with Crippen LogP contribution in [0.2, 0.25) is 0 Å². The highest BCUT2D eigenvalue weighted by Crippen LogP contribution is 2.21. The van der Waals surface area contributed by atoms with Crippen molar-refractivity contribution >= 4 is 5.91 Å². The Kier molecular flexibility index (Phi) is 4.78. The van der Waals surface area contributed by atoms with Crippen molar-refractivity contribution in [2.24, 2.45) is 5.41 Å². The van der Waals surface area contributed by atoms with E-state index in [9.17, 15) is 4.79 Å². The first-order valence-corrected chi connectivity index (χ1v) is 7.23. The Morgan fingerprint density at radius 1 is 1.35 bits per heavy atom. The van der Waals surface area contributed by atoms with Crippen molar-refractivity contribution in [1.29, 1.82) is 0 Å². The highest BCUT2D eigenvalue weighted by atomic mass is 16.2. The molecule has 110 valence electrons. The van der Waals surface area contributed by atoms with Crippen LogP contribution in [0.5, 0.6) is 0 Å². The number of hydrogen-bond donors (Lipinski definition) is 3. The van der Waals surface area contributed by atoms with Crippen LogP contribution in [0.1, 0.15) is 48.2 Å². The molecule has 1 heterocycles. The van der Waals surface area contributed by atoms with E-state index >= 15 is 0 Å². The average molecular weight is 276 g/mol. The number of aliphatic hydroxyl groups is 1. The van der Waals surface area contributed by atoms with E-state index in [0.29, 0.717) is 6.54 Å². The summed E-state index contributed by atoms with van der Waals surface area (Å²) in [5.74, 6) is -0.0169. The van der Waals surface area contributed by atoms with Crippen LogP contribution in [0.15, 0.2) is 18.2 Å². The molecule has 0 aliphatic carbocycles. The fourth-order valence-electron chi connectivity index (χ4n) is 2.50. The number of hydrogen-bond acceptors (Lipinski definition) is 3. The van der Waals surface area contributed by atoms with Gasteiger partial charge in [-0.25, -0.2) is 0 Å². The van der Waals surface area contributed by atoms with E-state index in [1.165, 1.54) is 11.1 Å². The summed E-state index contributed by atoms with van der Waals surface area (Å²) >= 11 is 0. The van der Waals surface area contributed by atoms with Gasteiger partial charge in [-0.05, 0) is 41.5 Å². The molecule has 0 bridgehead atoms. The summed E-state index contributed by atoms with van der Waals surface area (Å²) in [5.41, 5.74) is 3.24. The number of rotatable bonds is 6. The van der Waals surface area contributed by atoms with Gasteiger partial charge in [-0.15, -0.1) is 0 Å². The van der Waals surface area contributed by atoms with Gasteiger partial charge in [-0.3, -0.25) is 4.79 Å². The Bertz CT molecular complexity index is 483. The quantitative estimate of drug-likeness (QED) is 0.742. The van der Waals surface area contributed by atoms with Crippen molar-refractivity contribution in [3.63, 3.8) is 0 Å². The Labute approximate surface area is 120 Å². The zero-order valence-electron chi connectivity index (χ0n) is 12.3. The zero-order chi connectivity index (χ0) is 14.6. The highest BCUT2D eigenvalue weighted by molar-refractivity contribution is 5.94. The second-order valence-corrected chi connectivity index (χ2v) is 6.26. The standard InChI is InChI=1S/C16H24N2O2/c1-16(2,6-3-7-19)11-18-15(20)12-4-5-13-9-17-10-14(13)8-12/h4-5,8,17,19H,3,6-7,9-11H2,1-2H3,(H,18,20). The summed E-state index contributed by atoms with van der Waals surface area (Å²) in [4.78, 5) is 12.2. The zero-order valence-corrected chi connectivity index (χ0v) is 12.3. The van der Waals surface area contributed by atoms with Gasteiger partial charge in [0.15, 0.2) is 0 Å². The first-order chi connectivity index (χ1) is 9.52. The maximum absolute atomic E-state index is 12.2. The monoisotopic (exact) mass is 276 g/mol. The number of aliphatic hydroxyl groups excluding tert-OH is 1. The van der Waals surface area contributed by atoms with Gasteiger partial charge >= 0.3 is 0 Å². The summed E-state index contributed by atoms with van der Waals surface area (Å²) in [7, 11) is 0. The van der Waals surface area contributed by atoms with E-state index in [1.54, 1.807) is 0 Å². The van der Waals surface area contributed by atoms with Gasteiger partial charge in [0.05, 0.1) is 0 Å². The second kappa shape index (κ2) is 6.37. The molecule has 0 spiro atoms. The van der Waals surface area contributed by atoms with E-state index in [1.807, 2.05) is 18.2 Å². The number of carbonyl (C=O) groups is 1. The molecule has 4 heteroatoms. The Morgan fingerprint density at radius 2 is 2.10 bits per heavy atom. The van der Waals surface area contributed by atoms with Gasteiger partial charge in [0, 0.05) is 31.8 Å². The van der Waals surface area contributed by atoms with E-state index in [0.717, 1.165) is 31.5 Å². The second-order valence-electron chi connectivity index (χ2n) is 6.26.